The van der Waals surface area contributed by atoms with E-state index >= 15 is 0 Å². The summed E-state index contributed by atoms with van der Waals surface area (Å²) in [5, 5.41) is 18.2. The van der Waals surface area contributed by atoms with E-state index in [9.17, 15) is 10.1 Å². The number of carbonyl (C=O) groups is 1. The van der Waals surface area contributed by atoms with Gasteiger partial charge in [0.15, 0.2) is 17.5 Å². The van der Waals surface area contributed by atoms with Gasteiger partial charge in [-0.05, 0) is 38.0 Å². The molecule has 0 spiro atoms. The van der Waals surface area contributed by atoms with E-state index in [0.717, 1.165) is 38.1 Å². The summed E-state index contributed by atoms with van der Waals surface area (Å²) in [6, 6.07) is 2.21. The highest BCUT2D eigenvalue weighted by atomic mass is 16.1. The van der Waals surface area contributed by atoms with Crippen molar-refractivity contribution in [3.8, 4) is 6.07 Å². The molecule has 0 aromatic carbocycles. The summed E-state index contributed by atoms with van der Waals surface area (Å²) in [4.78, 5) is 13.1. The van der Waals surface area contributed by atoms with Crippen LogP contribution in [0.4, 0.5) is 0 Å². The summed E-state index contributed by atoms with van der Waals surface area (Å²) in [6.45, 7) is 9.14. The van der Waals surface area contributed by atoms with E-state index in [-0.39, 0.29) is 23.0 Å². The third kappa shape index (κ3) is 2.79. The minimum absolute atomic E-state index is 0.00412. The van der Waals surface area contributed by atoms with Gasteiger partial charge in [-0.25, -0.2) is 0 Å². The van der Waals surface area contributed by atoms with Crippen LogP contribution in [0.25, 0.3) is 0 Å². The Morgan fingerprint density at radius 2 is 2.08 bits per heavy atom. The second-order valence-electron chi connectivity index (χ2n) is 7.97. The van der Waals surface area contributed by atoms with E-state index in [4.69, 9.17) is 0 Å². The van der Waals surface area contributed by atoms with Crippen molar-refractivity contribution in [1.29, 1.82) is 5.26 Å². The minimum atomic E-state index is -0.802. The number of ketones is 1. The van der Waals surface area contributed by atoms with Crippen LogP contribution >= 0.6 is 0 Å². The first-order valence-electron chi connectivity index (χ1n) is 8.88. The molecule has 5 heteroatoms. The van der Waals surface area contributed by atoms with E-state index in [2.05, 4.69) is 50.0 Å². The van der Waals surface area contributed by atoms with E-state index in [1.807, 2.05) is 4.57 Å². The Kier molecular flexibility index (Phi) is 4.33. The molecule has 1 aromatic rings. The van der Waals surface area contributed by atoms with Gasteiger partial charge in [-0.15, -0.1) is 10.2 Å². The summed E-state index contributed by atoms with van der Waals surface area (Å²) in [5.74, 6) is 0.797. The molecule has 1 fully saturated rings. The first-order valence-corrected chi connectivity index (χ1v) is 8.88. The van der Waals surface area contributed by atoms with Gasteiger partial charge in [0.25, 0.3) is 0 Å². The number of fused-ring (bicyclic) bond motifs is 1. The summed E-state index contributed by atoms with van der Waals surface area (Å²) < 4.78 is 2.02. The fourth-order valence-corrected chi connectivity index (χ4v) is 4.04. The Morgan fingerprint density at radius 3 is 2.75 bits per heavy atom. The number of allylic oxidation sites excluding steroid dienone is 2. The lowest BCUT2D eigenvalue weighted by molar-refractivity contribution is -0.121. The Balaban J connectivity index is 1.88. The lowest BCUT2D eigenvalue weighted by atomic mass is 9.96. The van der Waals surface area contributed by atoms with E-state index in [1.165, 1.54) is 5.57 Å². The van der Waals surface area contributed by atoms with Gasteiger partial charge >= 0.3 is 0 Å². The largest absolute Gasteiger partial charge is 0.313 e. The summed E-state index contributed by atoms with van der Waals surface area (Å²) >= 11 is 0. The fraction of sp³-hybridized carbons (Fsp3) is 0.684. The van der Waals surface area contributed by atoms with Crippen LogP contribution in [0.15, 0.2) is 11.6 Å². The van der Waals surface area contributed by atoms with Gasteiger partial charge in [0.2, 0.25) is 0 Å². The highest BCUT2D eigenvalue weighted by Gasteiger charge is 2.61. The molecule has 1 saturated carbocycles. The van der Waals surface area contributed by atoms with Gasteiger partial charge in [-0.1, -0.05) is 31.9 Å². The molecule has 0 radical (unpaired) electrons. The molecule has 1 aromatic heterocycles. The molecule has 5 nitrogen and oxygen atoms in total. The van der Waals surface area contributed by atoms with E-state index in [1.54, 1.807) is 0 Å². The van der Waals surface area contributed by atoms with E-state index in [0.29, 0.717) is 5.82 Å². The second kappa shape index (κ2) is 6.16. The molecule has 3 rings (SSSR count). The van der Waals surface area contributed by atoms with Crippen molar-refractivity contribution in [1.82, 2.24) is 14.8 Å². The maximum absolute atomic E-state index is 13.1. The molecule has 0 N–H and O–H groups in total. The quantitative estimate of drug-likeness (QED) is 0.795. The van der Waals surface area contributed by atoms with Crippen LogP contribution in [0.1, 0.15) is 64.5 Å². The molecule has 0 saturated heterocycles. The summed E-state index contributed by atoms with van der Waals surface area (Å²) in [5.41, 5.74) is 1.14. The number of Topliss-reactive ketones (excluding diaryl/α,β-unsaturated/α-hetero) is 1. The molecule has 128 valence electrons. The Bertz CT molecular complexity index is 718. The highest BCUT2D eigenvalue weighted by Crippen LogP contribution is 2.61. The fourth-order valence-electron chi connectivity index (χ4n) is 4.04. The molecule has 24 heavy (non-hydrogen) atoms. The van der Waals surface area contributed by atoms with Crippen molar-refractivity contribution in [2.75, 3.05) is 0 Å². The number of hydrogen-bond donors (Lipinski definition) is 0. The SMILES string of the molecule is CC(C)=CC1C(C(=O)C(C#N)c2nnc3n2CCCCC3)C1(C)C. The number of hydrogen-bond acceptors (Lipinski definition) is 4. The molecular formula is C19H26N4O. The van der Waals surface area contributed by atoms with Crippen LogP contribution in [-0.2, 0) is 17.8 Å². The molecular weight excluding hydrogens is 300 g/mol. The molecule has 3 atom stereocenters. The van der Waals surface area contributed by atoms with Gasteiger partial charge in [-0.3, -0.25) is 4.79 Å². The number of nitriles is 1. The number of nitrogens with zero attached hydrogens (tertiary/aromatic N) is 4. The van der Waals surface area contributed by atoms with Crippen LogP contribution in [0, 0.1) is 28.6 Å². The summed E-state index contributed by atoms with van der Waals surface area (Å²) in [6.07, 6.45) is 6.36. The molecule has 1 aliphatic carbocycles. The summed E-state index contributed by atoms with van der Waals surface area (Å²) in [7, 11) is 0. The first-order chi connectivity index (χ1) is 11.4. The third-order valence-corrected chi connectivity index (χ3v) is 5.54. The normalized spacial score (nSPS) is 25.8. The zero-order chi connectivity index (χ0) is 17.5. The van der Waals surface area contributed by atoms with Crippen molar-refractivity contribution in [2.24, 2.45) is 17.3 Å². The number of carbonyl (C=O) groups excluding carboxylic acids is 1. The molecule has 0 amide bonds. The predicted molar refractivity (Wildman–Crippen MR) is 91.1 cm³/mol. The average Bonchev–Trinajstić information content (AvgIpc) is 2.96. The Labute approximate surface area is 143 Å². The van der Waals surface area contributed by atoms with Crippen molar-refractivity contribution in [3.05, 3.63) is 23.3 Å². The molecule has 1 aliphatic heterocycles. The number of aromatic nitrogens is 3. The lowest BCUT2D eigenvalue weighted by Gasteiger charge is -2.11. The second-order valence-corrected chi connectivity index (χ2v) is 7.97. The highest BCUT2D eigenvalue weighted by molar-refractivity contribution is 5.93. The van der Waals surface area contributed by atoms with E-state index < -0.39 is 5.92 Å². The molecule has 2 aliphatic rings. The zero-order valence-corrected chi connectivity index (χ0v) is 15.0. The van der Waals surface area contributed by atoms with Crippen LogP contribution in [0.2, 0.25) is 0 Å². The number of rotatable bonds is 4. The van der Waals surface area contributed by atoms with Gasteiger partial charge in [0.05, 0.1) is 6.07 Å². The Hall–Kier alpha value is -1.96. The topological polar surface area (TPSA) is 71.6 Å². The lowest BCUT2D eigenvalue weighted by Crippen LogP contribution is -2.20. The smallest absolute Gasteiger partial charge is 0.165 e. The van der Waals surface area contributed by atoms with Gasteiger partial charge in [0, 0.05) is 18.9 Å². The van der Waals surface area contributed by atoms with Crippen LogP contribution in [0.5, 0.6) is 0 Å². The monoisotopic (exact) mass is 326 g/mol. The van der Waals surface area contributed by atoms with Gasteiger partial charge in [0.1, 0.15) is 5.82 Å². The van der Waals surface area contributed by atoms with Crippen molar-refractivity contribution in [2.45, 2.75) is 65.8 Å². The van der Waals surface area contributed by atoms with Gasteiger partial charge in [-0.2, -0.15) is 5.26 Å². The van der Waals surface area contributed by atoms with Crippen LogP contribution < -0.4 is 0 Å². The molecule has 0 bridgehead atoms. The molecule has 3 unspecified atom stereocenters. The third-order valence-electron chi connectivity index (χ3n) is 5.54. The first kappa shape index (κ1) is 16.9. The molecule has 2 heterocycles. The van der Waals surface area contributed by atoms with Gasteiger partial charge < -0.3 is 4.57 Å². The van der Waals surface area contributed by atoms with Crippen molar-refractivity contribution in [3.63, 3.8) is 0 Å². The van der Waals surface area contributed by atoms with Crippen molar-refractivity contribution >= 4 is 5.78 Å². The van der Waals surface area contributed by atoms with Crippen molar-refractivity contribution < 1.29 is 4.79 Å². The maximum atomic E-state index is 13.1. The predicted octanol–water partition coefficient (Wildman–Crippen LogP) is 3.42. The Morgan fingerprint density at radius 1 is 1.33 bits per heavy atom. The van der Waals surface area contributed by atoms with Crippen LogP contribution in [-0.4, -0.2) is 20.5 Å². The minimum Gasteiger partial charge on any atom is -0.313 e. The average molecular weight is 326 g/mol. The van der Waals surface area contributed by atoms with Crippen LogP contribution in [0.3, 0.4) is 0 Å². The zero-order valence-electron chi connectivity index (χ0n) is 15.0. The maximum Gasteiger partial charge on any atom is 0.165 e. The number of aryl methyl sites for hydroxylation is 1. The standard InChI is InChI=1S/C19H26N4O/c1-12(2)10-14-16(19(14,3)4)17(24)13(11-20)18-22-21-15-8-6-5-7-9-23(15)18/h10,13-14,16H,5-9H2,1-4H3.